The van der Waals surface area contributed by atoms with Crippen molar-refractivity contribution < 1.29 is 0 Å². The van der Waals surface area contributed by atoms with Crippen LogP contribution in [0.1, 0.15) is 25.5 Å². The van der Waals surface area contributed by atoms with E-state index in [1.807, 2.05) is 0 Å². The molecule has 3 heteroatoms. The van der Waals surface area contributed by atoms with Gasteiger partial charge in [0.2, 0.25) is 0 Å². The van der Waals surface area contributed by atoms with E-state index in [0.29, 0.717) is 5.69 Å². The molecule has 0 aliphatic rings. The van der Waals surface area contributed by atoms with Gasteiger partial charge in [0.25, 0.3) is 0 Å². The third-order valence-electron chi connectivity index (χ3n) is 1.01. The zero-order valence-corrected chi connectivity index (χ0v) is 5.89. The largest absolute Gasteiger partial charge is 0.197 e. The molecule has 1 rings (SSSR count). The summed E-state index contributed by atoms with van der Waals surface area (Å²) in [7, 11) is 0. The van der Waals surface area contributed by atoms with E-state index < -0.39 is 0 Å². The van der Waals surface area contributed by atoms with Crippen molar-refractivity contribution in [1.82, 2.24) is 15.4 Å². The Morgan fingerprint density at radius 2 is 2.60 bits per heavy atom. The molecule has 10 heavy (non-hydrogen) atoms. The average Bonchev–Trinajstić information content (AvgIpc) is 2.41. The Hall–Kier alpha value is -1.30. The van der Waals surface area contributed by atoms with Crippen LogP contribution in [0, 0.1) is 11.8 Å². The summed E-state index contributed by atoms with van der Waals surface area (Å²) < 4.78 is 0. The molecule has 0 unspecified atom stereocenters. The molecule has 1 aromatic rings. The fraction of sp³-hybridized carbons (Fsp3) is 0.429. The second-order valence-electron chi connectivity index (χ2n) is 1.91. The van der Waals surface area contributed by atoms with Crippen molar-refractivity contribution in [1.29, 1.82) is 0 Å². The zero-order valence-electron chi connectivity index (χ0n) is 5.89. The van der Waals surface area contributed by atoms with E-state index in [1.54, 1.807) is 6.20 Å². The van der Waals surface area contributed by atoms with Crippen molar-refractivity contribution in [2.24, 2.45) is 0 Å². The summed E-state index contributed by atoms with van der Waals surface area (Å²) in [4.78, 5) is 0. The van der Waals surface area contributed by atoms with Crippen LogP contribution in [0.4, 0.5) is 0 Å². The van der Waals surface area contributed by atoms with E-state index >= 15 is 0 Å². The maximum absolute atomic E-state index is 3.78. The molecule has 0 spiro atoms. The summed E-state index contributed by atoms with van der Waals surface area (Å²) in [5.41, 5.74) is 0.716. The van der Waals surface area contributed by atoms with Gasteiger partial charge in [0.1, 0.15) is 0 Å². The first-order valence-electron chi connectivity index (χ1n) is 3.28. The molecule has 0 bridgehead atoms. The lowest BCUT2D eigenvalue weighted by atomic mass is 10.3. The highest BCUT2D eigenvalue weighted by molar-refractivity contribution is 5.22. The maximum Gasteiger partial charge on any atom is 0.155 e. The van der Waals surface area contributed by atoms with Crippen molar-refractivity contribution in [2.45, 2.75) is 19.8 Å². The molecule has 0 amide bonds. The molecule has 0 aliphatic carbocycles. The van der Waals surface area contributed by atoms with E-state index in [-0.39, 0.29) is 0 Å². The van der Waals surface area contributed by atoms with E-state index in [2.05, 4.69) is 34.2 Å². The minimum Gasteiger partial charge on any atom is -0.197 e. The predicted octanol–water partition coefficient (Wildman–Crippen LogP) is 0.956. The summed E-state index contributed by atoms with van der Waals surface area (Å²) in [5.74, 6) is 5.84. The van der Waals surface area contributed by atoms with Crippen LogP contribution in [0.3, 0.4) is 0 Å². The van der Waals surface area contributed by atoms with Gasteiger partial charge in [0.15, 0.2) is 5.69 Å². The molecular formula is C7H9N3. The summed E-state index contributed by atoms with van der Waals surface area (Å²) in [5, 5.41) is 9.89. The van der Waals surface area contributed by atoms with Gasteiger partial charge < -0.3 is 0 Å². The monoisotopic (exact) mass is 135 g/mol. The molecule has 0 radical (unpaired) electrons. The lowest BCUT2D eigenvalue weighted by Crippen LogP contribution is -1.72. The summed E-state index contributed by atoms with van der Waals surface area (Å²) in [6.45, 7) is 2.09. The highest BCUT2D eigenvalue weighted by Gasteiger charge is 1.84. The van der Waals surface area contributed by atoms with Gasteiger partial charge in [-0.15, -0.1) is 5.10 Å². The van der Waals surface area contributed by atoms with E-state index in [1.165, 1.54) is 0 Å². The number of nitrogens with one attached hydrogen (secondary N) is 1. The molecule has 0 saturated heterocycles. The quantitative estimate of drug-likeness (QED) is 0.582. The predicted molar refractivity (Wildman–Crippen MR) is 38.2 cm³/mol. The van der Waals surface area contributed by atoms with Gasteiger partial charge in [-0.2, -0.15) is 10.3 Å². The number of aromatic nitrogens is 3. The van der Waals surface area contributed by atoms with Crippen LogP contribution >= 0.6 is 0 Å². The Kier molecular flexibility index (Phi) is 2.50. The molecule has 3 nitrogen and oxygen atoms in total. The second-order valence-corrected chi connectivity index (χ2v) is 1.91. The van der Waals surface area contributed by atoms with Crippen LogP contribution in [-0.2, 0) is 0 Å². The number of hydrogen-bond acceptors (Lipinski definition) is 2. The van der Waals surface area contributed by atoms with Crippen molar-refractivity contribution in [2.75, 3.05) is 0 Å². The topological polar surface area (TPSA) is 41.6 Å². The third kappa shape index (κ3) is 1.90. The lowest BCUT2D eigenvalue weighted by molar-refractivity contribution is 0.936. The van der Waals surface area contributed by atoms with Gasteiger partial charge in [-0.3, -0.25) is 0 Å². The van der Waals surface area contributed by atoms with E-state index in [0.717, 1.165) is 12.8 Å². The maximum atomic E-state index is 3.78. The summed E-state index contributed by atoms with van der Waals surface area (Å²) in [6.07, 6.45) is 3.63. The van der Waals surface area contributed by atoms with Gasteiger partial charge in [0.05, 0.1) is 6.20 Å². The summed E-state index contributed by atoms with van der Waals surface area (Å²) >= 11 is 0. The van der Waals surface area contributed by atoms with Gasteiger partial charge in [0, 0.05) is 6.42 Å². The summed E-state index contributed by atoms with van der Waals surface area (Å²) in [6, 6.07) is 0. The third-order valence-corrected chi connectivity index (χ3v) is 1.01. The average molecular weight is 135 g/mol. The Morgan fingerprint density at radius 3 is 3.20 bits per heavy atom. The number of hydrogen-bond donors (Lipinski definition) is 1. The van der Waals surface area contributed by atoms with Gasteiger partial charge >= 0.3 is 0 Å². The zero-order chi connectivity index (χ0) is 7.23. The van der Waals surface area contributed by atoms with Crippen LogP contribution in [0.5, 0.6) is 0 Å². The fourth-order valence-electron chi connectivity index (χ4n) is 0.540. The lowest BCUT2D eigenvalue weighted by Gasteiger charge is -1.75. The second kappa shape index (κ2) is 3.67. The van der Waals surface area contributed by atoms with Crippen LogP contribution in [0.15, 0.2) is 6.20 Å². The molecule has 0 atom stereocenters. The first-order chi connectivity index (χ1) is 4.93. The molecule has 0 fully saturated rings. The minimum atomic E-state index is 0.716. The first-order valence-corrected chi connectivity index (χ1v) is 3.28. The molecule has 52 valence electrons. The minimum absolute atomic E-state index is 0.716. The number of unbranched alkanes of at least 4 members (excludes halogenated alkanes) is 1. The molecule has 0 aromatic carbocycles. The smallest absolute Gasteiger partial charge is 0.155 e. The fourth-order valence-corrected chi connectivity index (χ4v) is 0.540. The molecular weight excluding hydrogens is 126 g/mol. The van der Waals surface area contributed by atoms with Crippen molar-refractivity contribution in [3.63, 3.8) is 0 Å². The van der Waals surface area contributed by atoms with Crippen molar-refractivity contribution >= 4 is 0 Å². The van der Waals surface area contributed by atoms with Gasteiger partial charge in [-0.05, 0) is 12.3 Å². The highest BCUT2D eigenvalue weighted by Crippen LogP contribution is 1.86. The number of nitrogens with zero attached hydrogens (tertiary/aromatic N) is 2. The Morgan fingerprint density at radius 1 is 1.70 bits per heavy atom. The van der Waals surface area contributed by atoms with Crippen molar-refractivity contribution in [3.05, 3.63) is 11.9 Å². The molecule has 1 N–H and O–H groups in total. The Balaban J connectivity index is 2.49. The van der Waals surface area contributed by atoms with Crippen molar-refractivity contribution in [3.8, 4) is 11.8 Å². The normalized spacial score (nSPS) is 8.50. The Bertz CT molecular complexity index is 227. The molecule has 1 aromatic heterocycles. The standard InChI is InChI=1S/C7H9N3/c1-2-3-4-5-7-6-8-10-9-7/h6H,2-3H2,1H3,(H,8,9,10). The van der Waals surface area contributed by atoms with Crippen LogP contribution < -0.4 is 0 Å². The van der Waals surface area contributed by atoms with Crippen LogP contribution in [0.2, 0.25) is 0 Å². The molecule has 0 saturated carbocycles. The van der Waals surface area contributed by atoms with E-state index in [9.17, 15) is 0 Å². The van der Waals surface area contributed by atoms with E-state index in [4.69, 9.17) is 0 Å². The van der Waals surface area contributed by atoms with Gasteiger partial charge in [-0.25, -0.2) is 0 Å². The highest BCUT2D eigenvalue weighted by atomic mass is 15.3. The van der Waals surface area contributed by atoms with Crippen LogP contribution in [-0.4, -0.2) is 15.4 Å². The number of H-pyrrole nitrogens is 1. The SMILES string of the molecule is CCCC#Cc1cn[nH]n1. The molecule has 0 aliphatic heterocycles. The molecule has 1 heterocycles. The van der Waals surface area contributed by atoms with Crippen LogP contribution in [0.25, 0.3) is 0 Å². The van der Waals surface area contributed by atoms with Gasteiger partial charge in [-0.1, -0.05) is 12.8 Å². The number of rotatable bonds is 1. The first kappa shape index (κ1) is 6.81. The Labute approximate surface area is 59.8 Å². The number of aromatic amines is 1.